The van der Waals surface area contributed by atoms with Crippen molar-refractivity contribution in [3.8, 4) is 5.75 Å². The SMILES string of the molecule is Cc1nn(CCc2cccc(F)c2)c(B2OC(C)(C)C(C)(C)O2)c1OCc1ccccc1. The molecule has 1 aliphatic heterocycles. The summed E-state index contributed by atoms with van der Waals surface area (Å²) in [5.41, 5.74) is 2.53. The predicted octanol–water partition coefficient (Wildman–Crippen LogP) is 4.45. The molecule has 2 heterocycles. The highest BCUT2D eigenvalue weighted by Crippen LogP contribution is 2.37. The summed E-state index contributed by atoms with van der Waals surface area (Å²) in [5, 5.41) is 4.74. The Kier molecular flexibility index (Phi) is 6.14. The Balaban J connectivity index is 1.64. The van der Waals surface area contributed by atoms with E-state index in [-0.39, 0.29) is 5.82 Å². The van der Waals surface area contributed by atoms with Crippen LogP contribution in [0.2, 0.25) is 0 Å². The number of rotatable bonds is 7. The molecule has 0 atom stereocenters. The lowest BCUT2D eigenvalue weighted by Crippen LogP contribution is -2.41. The van der Waals surface area contributed by atoms with Gasteiger partial charge in [-0.05, 0) is 64.3 Å². The molecule has 1 aromatic heterocycles. The third-order valence-electron chi connectivity index (χ3n) is 6.31. The van der Waals surface area contributed by atoms with E-state index in [9.17, 15) is 4.39 Å². The molecular weight excluding hydrogens is 406 g/mol. The molecule has 0 radical (unpaired) electrons. The fraction of sp³-hybridized carbons (Fsp3) is 0.400. The molecule has 4 rings (SSSR count). The zero-order valence-electron chi connectivity index (χ0n) is 19.4. The van der Waals surface area contributed by atoms with Crippen molar-refractivity contribution in [2.75, 3.05) is 0 Å². The first-order valence-corrected chi connectivity index (χ1v) is 11.0. The summed E-state index contributed by atoms with van der Waals surface area (Å²) in [6.07, 6.45) is 0.628. The number of aromatic nitrogens is 2. The van der Waals surface area contributed by atoms with Crippen LogP contribution in [0.5, 0.6) is 5.75 Å². The average Bonchev–Trinajstić information content (AvgIpc) is 3.16. The standard InChI is InChI=1S/C25H30BFN2O3/c1-18-22(30-17-20-10-7-6-8-11-20)23(26-31-24(2,3)25(4,5)32-26)29(28-18)15-14-19-12-9-13-21(27)16-19/h6-13,16H,14-15,17H2,1-5H3. The molecule has 0 N–H and O–H groups in total. The van der Waals surface area contributed by atoms with Crippen LogP contribution in [0.15, 0.2) is 54.6 Å². The van der Waals surface area contributed by atoms with E-state index in [2.05, 4.69) is 0 Å². The van der Waals surface area contributed by atoms with E-state index in [1.54, 1.807) is 12.1 Å². The quantitative estimate of drug-likeness (QED) is 0.514. The van der Waals surface area contributed by atoms with Crippen LogP contribution < -0.4 is 10.3 Å². The van der Waals surface area contributed by atoms with Gasteiger partial charge in [-0.25, -0.2) is 4.39 Å². The molecule has 7 heteroatoms. The monoisotopic (exact) mass is 436 g/mol. The molecule has 0 saturated carbocycles. The summed E-state index contributed by atoms with van der Waals surface area (Å²) in [6, 6.07) is 16.7. The van der Waals surface area contributed by atoms with Gasteiger partial charge < -0.3 is 14.0 Å². The van der Waals surface area contributed by atoms with E-state index in [0.29, 0.717) is 25.3 Å². The van der Waals surface area contributed by atoms with Crippen molar-refractivity contribution in [1.29, 1.82) is 0 Å². The molecule has 32 heavy (non-hydrogen) atoms. The smallest absolute Gasteiger partial charge is 0.486 e. The van der Waals surface area contributed by atoms with E-state index >= 15 is 0 Å². The molecule has 1 fully saturated rings. The van der Waals surface area contributed by atoms with E-state index in [4.69, 9.17) is 19.1 Å². The van der Waals surface area contributed by atoms with Crippen LogP contribution in [0, 0.1) is 12.7 Å². The van der Waals surface area contributed by atoms with Crippen molar-refractivity contribution in [1.82, 2.24) is 9.78 Å². The van der Waals surface area contributed by atoms with Crippen molar-refractivity contribution >= 4 is 12.7 Å². The third-order valence-corrected chi connectivity index (χ3v) is 6.31. The Bertz CT molecular complexity index is 1070. The van der Waals surface area contributed by atoms with E-state index in [0.717, 1.165) is 22.4 Å². The molecule has 0 amide bonds. The zero-order chi connectivity index (χ0) is 22.9. The number of halogens is 1. The number of nitrogens with zero attached hydrogens (tertiary/aromatic N) is 2. The van der Waals surface area contributed by atoms with Crippen molar-refractivity contribution < 1.29 is 18.4 Å². The van der Waals surface area contributed by atoms with Crippen LogP contribution in [-0.4, -0.2) is 28.1 Å². The van der Waals surface area contributed by atoms with Crippen molar-refractivity contribution in [2.45, 2.75) is 65.4 Å². The fourth-order valence-corrected chi connectivity index (χ4v) is 3.77. The molecule has 1 saturated heterocycles. The first kappa shape index (κ1) is 22.6. The fourth-order valence-electron chi connectivity index (χ4n) is 3.77. The average molecular weight is 436 g/mol. The van der Waals surface area contributed by atoms with Gasteiger partial charge in [-0.3, -0.25) is 4.68 Å². The summed E-state index contributed by atoms with van der Waals surface area (Å²) in [4.78, 5) is 0. The van der Waals surface area contributed by atoms with Gasteiger partial charge in [0.25, 0.3) is 0 Å². The second-order valence-electron chi connectivity index (χ2n) is 9.27. The molecule has 0 spiro atoms. The Morgan fingerprint density at radius 3 is 2.28 bits per heavy atom. The van der Waals surface area contributed by atoms with E-state index < -0.39 is 18.3 Å². The summed E-state index contributed by atoms with van der Waals surface area (Å²) in [6.45, 7) is 11.0. The second kappa shape index (κ2) is 8.72. The number of aryl methyl sites for hydroxylation is 3. The molecule has 0 aliphatic carbocycles. The maximum absolute atomic E-state index is 13.6. The maximum atomic E-state index is 13.6. The van der Waals surface area contributed by atoms with E-state index in [1.165, 1.54) is 6.07 Å². The molecule has 168 valence electrons. The molecule has 5 nitrogen and oxygen atoms in total. The Morgan fingerprint density at radius 1 is 0.969 bits per heavy atom. The van der Waals surface area contributed by atoms with Crippen LogP contribution in [0.1, 0.15) is 44.5 Å². The first-order valence-electron chi connectivity index (χ1n) is 11.0. The van der Waals surface area contributed by atoms with E-state index in [1.807, 2.05) is 75.7 Å². The van der Waals surface area contributed by atoms with Gasteiger partial charge in [0.05, 0.1) is 11.2 Å². The molecular formula is C25H30BFN2O3. The lowest BCUT2D eigenvalue weighted by molar-refractivity contribution is 0.00578. The van der Waals surface area contributed by atoms with Gasteiger partial charge in [0.15, 0.2) is 5.75 Å². The van der Waals surface area contributed by atoms with Gasteiger partial charge in [0, 0.05) is 6.54 Å². The van der Waals surface area contributed by atoms with Gasteiger partial charge in [-0.2, -0.15) is 5.10 Å². The molecule has 2 aromatic carbocycles. The highest BCUT2D eigenvalue weighted by atomic mass is 19.1. The predicted molar refractivity (Wildman–Crippen MR) is 124 cm³/mol. The summed E-state index contributed by atoms with van der Waals surface area (Å²) in [7, 11) is -0.612. The number of hydrogen-bond donors (Lipinski definition) is 0. The topological polar surface area (TPSA) is 45.5 Å². The maximum Gasteiger partial charge on any atom is 0.518 e. The molecule has 3 aromatic rings. The Labute approximate surface area is 189 Å². The minimum absolute atomic E-state index is 0.239. The van der Waals surface area contributed by atoms with Gasteiger partial charge in [0.2, 0.25) is 0 Å². The van der Waals surface area contributed by atoms with Crippen LogP contribution >= 0.6 is 0 Å². The highest BCUT2D eigenvalue weighted by molar-refractivity contribution is 6.62. The first-order chi connectivity index (χ1) is 15.2. The summed E-state index contributed by atoms with van der Waals surface area (Å²) in [5.74, 6) is 0.434. The minimum atomic E-state index is -0.612. The molecule has 1 aliphatic rings. The minimum Gasteiger partial charge on any atom is -0.486 e. The third kappa shape index (κ3) is 4.59. The number of benzene rings is 2. The Hall–Kier alpha value is -2.64. The van der Waals surface area contributed by atoms with Crippen molar-refractivity contribution in [3.63, 3.8) is 0 Å². The lowest BCUT2D eigenvalue weighted by Gasteiger charge is -2.32. The summed E-state index contributed by atoms with van der Waals surface area (Å²) < 4.78 is 34.5. The number of hydrogen-bond acceptors (Lipinski definition) is 4. The van der Waals surface area contributed by atoms with Crippen LogP contribution in [-0.2, 0) is 28.9 Å². The second-order valence-corrected chi connectivity index (χ2v) is 9.27. The van der Waals surface area contributed by atoms with Gasteiger partial charge in [0.1, 0.15) is 23.7 Å². The highest BCUT2D eigenvalue weighted by Gasteiger charge is 2.54. The zero-order valence-corrected chi connectivity index (χ0v) is 19.4. The number of ether oxygens (including phenoxy) is 1. The van der Waals surface area contributed by atoms with Gasteiger partial charge in [-0.1, -0.05) is 42.5 Å². The van der Waals surface area contributed by atoms with Crippen LogP contribution in [0.3, 0.4) is 0 Å². The van der Waals surface area contributed by atoms with Crippen LogP contribution in [0.25, 0.3) is 0 Å². The molecule has 0 bridgehead atoms. The van der Waals surface area contributed by atoms with Gasteiger partial charge >= 0.3 is 7.12 Å². The largest absolute Gasteiger partial charge is 0.518 e. The normalized spacial score (nSPS) is 17.0. The van der Waals surface area contributed by atoms with Crippen LogP contribution in [0.4, 0.5) is 4.39 Å². The van der Waals surface area contributed by atoms with Crippen molar-refractivity contribution in [3.05, 3.63) is 77.2 Å². The molecule has 0 unspecified atom stereocenters. The van der Waals surface area contributed by atoms with Gasteiger partial charge in [-0.15, -0.1) is 0 Å². The Morgan fingerprint density at radius 2 is 1.62 bits per heavy atom. The summed E-state index contributed by atoms with van der Waals surface area (Å²) >= 11 is 0. The van der Waals surface area contributed by atoms with Crippen molar-refractivity contribution in [2.24, 2.45) is 0 Å². The lowest BCUT2D eigenvalue weighted by atomic mass is 9.83.